The van der Waals surface area contributed by atoms with E-state index in [0.29, 0.717) is 23.9 Å². The molecule has 1 saturated heterocycles. The van der Waals surface area contributed by atoms with Gasteiger partial charge in [-0.2, -0.15) is 10.4 Å². The SMILES string of the molecule is CC(=O)c1cc(-c2ccc(C#N)c(F)c2)n(-c2ccc(N3CCC(OCCO)CC3)cc2)n1.CCC(N)CCCC(C)C. The molecule has 3 aromatic rings. The monoisotopic (exact) mass is 591 g/mol. The van der Waals surface area contributed by atoms with E-state index in [1.807, 2.05) is 30.3 Å². The number of nitrogens with two attached hydrogens (primary N) is 1. The largest absolute Gasteiger partial charge is 0.394 e. The van der Waals surface area contributed by atoms with Crippen molar-refractivity contribution in [2.75, 3.05) is 31.2 Å². The molecular weight excluding hydrogens is 545 g/mol. The lowest BCUT2D eigenvalue weighted by Crippen LogP contribution is -2.37. The highest BCUT2D eigenvalue weighted by molar-refractivity contribution is 5.93. The molecule has 0 amide bonds. The Morgan fingerprint density at radius 2 is 1.81 bits per heavy atom. The summed E-state index contributed by atoms with van der Waals surface area (Å²) in [5.41, 5.74) is 8.92. The van der Waals surface area contributed by atoms with Crippen LogP contribution in [0.5, 0.6) is 0 Å². The van der Waals surface area contributed by atoms with Gasteiger partial charge < -0.3 is 20.5 Å². The number of benzene rings is 2. The first-order chi connectivity index (χ1) is 20.7. The molecule has 2 aromatic carbocycles. The Bertz CT molecular complexity index is 1340. The molecule has 2 heterocycles. The van der Waals surface area contributed by atoms with E-state index in [9.17, 15) is 9.18 Å². The second-order valence-electron chi connectivity index (χ2n) is 11.5. The van der Waals surface area contributed by atoms with Gasteiger partial charge in [-0.1, -0.05) is 39.7 Å². The van der Waals surface area contributed by atoms with E-state index in [-0.39, 0.29) is 29.8 Å². The fraction of sp³-hybridized carbons (Fsp3) is 0.500. The van der Waals surface area contributed by atoms with E-state index >= 15 is 0 Å². The number of piperidine rings is 1. The fourth-order valence-corrected chi connectivity index (χ4v) is 5.02. The van der Waals surface area contributed by atoms with E-state index in [1.54, 1.807) is 16.8 Å². The van der Waals surface area contributed by atoms with Crippen LogP contribution in [-0.4, -0.2) is 59.1 Å². The first-order valence-corrected chi connectivity index (χ1v) is 15.3. The number of rotatable bonds is 12. The van der Waals surface area contributed by atoms with Crippen LogP contribution in [0.4, 0.5) is 10.1 Å². The van der Waals surface area contributed by atoms with Gasteiger partial charge in [0.2, 0.25) is 0 Å². The molecule has 0 spiro atoms. The molecule has 0 aliphatic carbocycles. The topological polar surface area (TPSA) is 117 Å². The molecule has 1 aliphatic rings. The Labute approximate surface area is 255 Å². The summed E-state index contributed by atoms with van der Waals surface area (Å²) in [6.07, 6.45) is 6.93. The lowest BCUT2D eigenvalue weighted by Gasteiger charge is -2.33. The van der Waals surface area contributed by atoms with Crippen LogP contribution >= 0.6 is 0 Å². The molecule has 0 radical (unpaired) electrons. The van der Waals surface area contributed by atoms with Gasteiger partial charge in [0.05, 0.1) is 36.3 Å². The van der Waals surface area contributed by atoms with Crippen LogP contribution < -0.4 is 10.6 Å². The molecular formula is C34H46FN5O3. The number of carbonyl (C=O) groups is 1. The van der Waals surface area contributed by atoms with Gasteiger partial charge in [-0.3, -0.25) is 4.79 Å². The van der Waals surface area contributed by atoms with Crippen molar-refractivity contribution in [1.82, 2.24) is 9.78 Å². The van der Waals surface area contributed by atoms with E-state index in [4.69, 9.17) is 20.8 Å². The summed E-state index contributed by atoms with van der Waals surface area (Å²) < 4.78 is 21.5. The lowest BCUT2D eigenvalue weighted by molar-refractivity contribution is 0.0159. The predicted octanol–water partition coefficient (Wildman–Crippen LogP) is 6.28. The predicted molar refractivity (Wildman–Crippen MR) is 169 cm³/mol. The van der Waals surface area contributed by atoms with Gasteiger partial charge in [0.25, 0.3) is 0 Å². The summed E-state index contributed by atoms with van der Waals surface area (Å²) in [6.45, 7) is 10.2. The molecule has 3 N–H and O–H groups in total. The minimum absolute atomic E-state index is 0.0357. The molecule has 8 nitrogen and oxygen atoms in total. The summed E-state index contributed by atoms with van der Waals surface area (Å²) in [5, 5.41) is 22.4. The summed E-state index contributed by atoms with van der Waals surface area (Å²) in [5.74, 6) is 0.0323. The number of hydrogen-bond donors (Lipinski definition) is 2. The van der Waals surface area contributed by atoms with Gasteiger partial charge in [-0.05, 0) is 74.1 Å². The number of ketones is 1. The second-order valence-corrected chi connectivity index (χ2v) is 11.5. The zero-order valence-corrected chi connectivity index (χ0v) is 25.9. The van der Waals surface area contributed by atoms with Crippen LogP contribution in [0.2, 0.25) is 0 Å². The maximum Gasteiger partial charge on any atom is 0.180 e. The molecule has 4 rings (SSSR count). The molecule has 9 heteroatoms. The Kier molecular flexibility index (Phi) is 13.3. The van der Waals surface area contributed by atoms with Crippen molar-refractivity contribution in [3.8, 4) is 23.0 Å². The highest BCUT2D eigenvalue weighted by Gasteiger charge is 2.20. The third-order valence-electron chi connectivity index (χ3n) is 7.68. The molecule has 0 saturated carbocycles. The number of halogens is 1. The highest BCUT2D eigenvalue weighted by Crippen LogP contribution is 2.28. The normalized spacial score (nSPS) is 14.3. The van der Waals surface area contributed by atoms with Gasteiger partial charge in [0.15, 0.2) is 5.78 Å². The number of hydrogen-bond acceptors (Lipinski definition) is 7. The Balaban J connectivity index is 0.000000436. The molecule has 1 fully saturated rings. The first-order valence-electron chi connectivity index (χ1n) is 15.3. The van der Waals surface area contributed by atoms with Crippen LogP contribution in [0.3, 0.4) is 0 Å². The van der Waals surface area contributed by atoms with E-state index in [2.05, 4.69) is 30.8 Å². The number of nitrogens with zero attached hydrogens (tertiary/aromatic N) is 4. The number of aromatic nitrogens is 2. The standard InChI is InChI=1S/C25H25FN4O3.C9H21N/c1-17(32)24-15-25(18-2-3-19(16-27)23(26)14-18)30(28-24)21-6-4-20(5-7-21)29-10-8-22(9-11-29)33-13-12-31;1-4-9(10)7-5-6-8(2)3/h2-7,14-15,22,31H,8-13H2,1H3;8-9H,4-7,10H2,1-3H3. The molecule has 1 aliphatic heterocycles. The number of Topliss-reactive ketones (excluding diaryl/α,β-unsaturated/α-hetero) is 1. The number of aliphatic hydroxyl groups is 1. The Morgan fingerprint density at radius 3 is 2.37 bits per heavy atom. The summed E-state index contributed by atoms with van der Waals surface area (Å²) in [6, 6.07) is 16.1. The van der Waals surface area contributed by atoms with Crippen molar-refractivity contribution in [2.45, 2.75) is 78.4 Å². The van der Waals surface area contributed by atoms with E-state index in [0.717, 1.165) is 49.6 Å². The average molecular weight is 592 g/mol. The van der Waals surface area contributed by atoms with Crippen LogP contribution in [0.25, 0.3) is 16.9 Å². The lowest BCUT2D eigenvalue weighted by atomic mass is 10.0. The van der Waals surface area contributed by atoms with Gasteiger partial charge in [0, 0.05) is 37.3 Å². The van der Waals surface area contributed by atoms with Crippen molar-refractivity contribution in [3.05, 3.63) is 65.6 Å². The van der Waals surface area contributed by atoms with Gasteiger partial charge in [-0.25, -0.2) is 9.07 Å². The van der Waals surface area contributed by atoms with Gasteiger partial charge >= 0.3 is 0 Å². The van der Waals surface area contributed by atoms with Crippen molar-refractivity contribution in [2.24, 2.45) is 11.7 Å². The molecule has 1 atom stereocenters. The number of nitriles is 1. The minimum atomic E-state index is -0.617. The van der Waals surface area contributed by atoms with Crippen LogP contribution in [0.15, 0.2) is 48.5 Å². The smallest absolute Gasteiger partial charge is 0.180 e. The molecule has 43 heavy (non-hydrogen) atoms. The third kappa shape index (κ3) is 9.99. The minimum Gasteiger partial charge on any atom is -0.394 e. The molecule has 232 valence electrons. The van der Waals surface area contributed by atoms with Crippen molar-refractivity contribution in [1.29, 1.82) is 5.26 Å². The number of carbonyl (C=O) groups excluding carboxylic acids is 1. The van der Waals surface area contributed by atoms with E-state index in [1.165, 1.54) is 38.3 Å². The quantitative estimate of drug-likeness (QED) is 0.238. The maximum atomic E-state index is 14.2. The Hall–Kier alpha value is -3.58. The maximum absolute atomic E-state index is 14.2. The van der Waals surface area contributed by atoms with Crippen LogP contribution in [0, 0.1) is 23.1 Å². The summed E-state index contributed by atoms with van der Waals surface area (Å²) in [7, 11) is 0. The van der Waals surface area contributed by atoms with Crippen LogP contribution in [0.1, 0.15) is 82.3 Å². The Morgan fingerprint density at radius 1 is 1.14 bits per heavy atom. The van der Waals surface area contributed by atoms with Gasteiger partial charge in [0.1, 0.15) is 17.6 Å². The highest BCUT2D eigenvalue weighted by atomic mass is 19.1. The fourth-order valence-electron chi connectivity index (χ4n) is 5.02. The van der Waals surface area contributed by atoms with Crippen LogP contribution in [-0.2, 0) is 4.74 Å². The summed E-state index contributed by atoms with van der Waals surface area (Å²) >= 11 is 0. The molecule has 1 unspecified atom stereocenters. The first kappa shape index (κ1) is 33.9. The van der Waals surface area contributed by atoms with Crippen molar-refractivity contribution >= 4 is 11.5 Å². The summed E-state index contributed by atoms with van der Waals surface area (Å²) in [4.78, 5) is 14.3. The van der Waals surface area contributed by atoms with Gasteiger partial charge in [-0.15, -0.1) is 0 Å². The zero-order valence-electron chi connectivity index (χ0n) is 25.9. The molecule has 0 bridgehead atoms. The third-order valence-corrected chi connectivity index (χ3v) is 7.68. The second kappa shape index (κ2) is 16.9. The number of anilines is 1. The number of ether oxygens (including phenoxy) is 1. The average Bonchev–Trinajstić information content (AvgIpc) is 3.46. The van der Waals surface area contributed by atoms with Crippen molar-refractivity contribution < 1.29 is 19.0 Å². The molecule has 1 aromatic heterocycles. The number of aliphatic hydroxyl groups excluding tert-OH is 1. The zero-order chi connectivity index (χ0) is 31.4. The van der Waals surface area contributed by atoms with Crippen molar-refractivity contribution in [3.63, 3.8) is 0 Å². The van der Waals surface area contributed by atoms with E-state index < -0.39 is 5.82 Å².